The lowest BCUT2D eigenvalue weighted by Crippen LogP contribution is -1.99. The fourth-order valence-corrected chi connectivity index (χ4v) is 3.15. The van der Waals surface area contributed by atoms with Gasteiger partial charge < -0.3 is 5.32 Å². The Kier molecular flexibility index (Phi) is 4.99. The van der Waals surface area contributed by atoms with Crippen LogP contribution in [0.1, 0.15) is 17.0 Å². The highest BCUT2D eigenvalue weighted by molar-refractivity contribution is 9.10. The third kappa shape index (κ3) is 4.23. The van der Waals surface area contributed by atoms with E-state index in [4.69, 9.17) is 9.97 Å². The molecule has 0 aliphatic carbocycles. The summed E-state index contributed by atoms with van der Waals surface area (Å²) in [5, 5.41) is 4.41. The molecule has 3 nitrogen and oxygen atoms in total. The number of nitrogens with zero attached hydrogens (tertiary/aromatic N) is 2. The van der Waals surface area contributed by atoms with Crippen LogP contribution in [-0.2, 0) is 0 Å². The van der Waals surface area contributed by atoms with Crippen LogP contribution in [0, 0.1) is 6.92 Å². The van der Waals surface area contributed by atoms with Gasteiger partial charge in [0.25, 0.3) is 0 Å². The van der Waals surface area contributed by atoms with Gasteiger partial charge in [-0.05, 0) is 48.9 Å². The minimum Gasteiger partial charge on any atom is -0.340 e. The molecular formula is C23H18BrN3. The number of nitrogens with one attached hydrogen (secondary N) is 1. The average Bonchev–Trinajstić information content (AvgIpc) is 2.68. The van der Waals surface area contributed by atoms with Crippen molar-refractivity contribution in [1.82, 2.24) is 9.97 Å². The van der Waals surface area contributed by atoms with Gasteiger partial charge in [0, 0.05) is 15.5 Å². The van der Waals surface area contributed by atoms with Gasteiger partial charge in [-0.3, -0.25) is 0 Å². The highest BCUT2D eigenvalue weighted by Gasteiger charge is 2.08. The van der Waals surface area contributed by atoms with Crippen molar-refractivity contribution in [3.05, 3.63) is 94.2 Å². The van der Waals surface area contributed by atoms with Crippen LogP contribution in [0.2, 0.25) is 0 Å². The second-order valence-electron chi connectivity index (χ2n) is 6.33. The van der Waals surface area contributed by atoms with Crippen molar-refractivity contribution in [2.24, 2.45) is 0 Å². The van der Waals surface area contributed by atoms with Crippen molar-refractivity contribution in [3.8, 4) is 0 Å². The molecule has 132 valence electrons. The van der Waals surface area contributed by atoms with E-state index < -0.39 is 0 Å². The Morgan fingerprint density at radius 1 is 0.852 bits per heavy atom. The zero-order valence-corrected chi connectivity index (χ0v) is 16.4. The maximum absolute atomic E-state index is 4.74. The number of rotatable bonds is 4. The van der Waals surface area contributed by atoms with Gasteiger partial charge in [-0.1, -0.05) is 70.0 Å². The quantitative estimate of drug-likeness (QED) is 0.407. The lowest BCUT2D eigenvalue weighted by Gasteiger charge is -2.10. The minimum absolute atomic E-state index is 0.666. The fraction of sp³-hybridized carbons (Fsp3) is 0.0435. The van der Waals surface area contributed by atoms with Crippen molar-refractivity contribution in [3.63, 3.8) is 0 Å². The number of halogens is 1. The second-order valence-corrected chi connectivity index (χ2v) is 7.24. The SMILES string of the molecule is Cc1ccc(Nc2nc(/C=C/c3ccccc3)nc3cc(Br)ccc23)cc1. The number of benzene rings is 3. The van der Waals surface area contributed by atoms with Gasteiger partial charge in [-0.2, -0.15) is 0 Å². The molecule has 0 bridgehead atoms. The third-order valence-corrected chi connectivity index (χ3v) is 4.71. The van der Waals surface area contributed by atoms with Crippen LogP contribution in [0.4, 0.5) is 11.5 Å². The summed E-state index contributed by atoms with van der Waals surface area (Å²) in [4.78, 5) is 9.44. The Hall–Kier alpha value is -2.98. The summed E-state index contributed by atoms with van der Waals surface area (Å²) in [6, 6.07) is 24.5. The molecule has 0 radical (unpaired) electrons. The Morgan fingerprint density at radius 2 is 1.63 bits per heavy atom. The van der Waals surface area contributed by atoms with E-state index in [1.807, 2.05) is 48.6 Å². The van der Waals surface area contributed by atoms with E-state index in [2.05, 4.69) is 64.6 Å². The predicted molar refractivity (Wildman–Crippen MR) is 117 cm³/mol. The van der Waals surface area contributed by atoms with Crippen molar-refractivity contribution >= 4 is 50.5 Å². The van der Waals surface area contributed by atoms with Crippen LogP contribution in [-0.4, -0.2) is 9.97 Å². The normalized spacial score (nSPS) is 11.2. The number of aryl methyl sites for hydroxylation is 1. The molecule has 0 atom stereocenters. The fourth-order valence-electron chi connectivity index (χ4n) is 2.80. The number of fused-ring (bicyclic) bond motifs is 1. The first-order valence-electron chi connectivity index (χ1n) is 8.71. The molecule has 3 aromatic carbocycles. The van der Waals surface area contributed by atoms with Crippen molar-refractivity contribution in [1.29, 1.82) is 0 Å². The molecule has 0 aliphatic rings. The third-order valence-electron chi connectivity index (χ3n) is 4.21. The Labute approximate surface area is 166 Å². The van der Waals surface area contributed by atoms with Crippen molar-refractivity contribution < 1.29 is 0 Å². The molecule has 0 spiro atoms. The van der Waals surface area contributed by atoms with Gasteiger partial charge in [0.2, 0.25) is 0 Å². The van der Waals surface area contributed by atoms with Crippen LogP contribution in [0.3, 0.4) is 0 Å². The van der Waals surface area contributed by atoms with Gasteiger partial charge in [0.05, 0.1) is 5.52 Å². The van der Waals surface area contributed by atoms with Gasteiger partial charge in [0.15, 0.2) is 5.82 Å². The first-order valence-corrected chi connectivity index (χ1v) is 9.51. The molecule has 1 heterocycles. The molecule has 4 heteroatoms. The zero-order valence-electron chi connectivity index (χ0n) is 14.9. The monoisotopic (exact) mass is 415 g/mol. The number of aromatic nitrogens is 2. The molecular weight excluding hydrogens is 398 g/mol. The summed E-state index contributed by atoms with van der Waals surface area (Å²) in [6.07, 6.45) is 3.96. The first-order chi connectivity index (χ1) is 13.2. The van der Waals surface area contributed by atoms with E-state index in [1.165, 1.54) is 5.56 Å². The van der Waals surface area contributed by atoms with Crippen molar-refractivity contribution in [2.75, 3.05) is 5.32 Å². The molecule has 0 fully saturated rings. The molecule has 1 aromatic heterocycles. The van der Waals surface area contributed by atoms with E-state index in [-0.39, 0.29) is 0 Å². The molecule has 0 aliphatic heterocycles. The van der Waals surface area contributed by atoms with Crippen LogP contribution in [0.25, 0.3) is 23.1 Å². The number of anilines is 2. The van der Waals surface area contributed by atoms with E-state index in [0.29, 0.717) is 5.82 Å². The summed E-state index contributed by atoms with van der Waals surface area (Å²) in [5.74, 6) is 1.46. The van der Waals surface area contributed by atoms with Crippen LogP contribution in [0.15, 0.2) is 77.3 Å². The van der Waals surface area contributed by atoms with E-state index >= 15 is 0 Å². The molecule has 4 aromatic rings. The lowest BCUT2D eigenvalue weighted by molar-refractivity contribution is 1.18. The van der Waals surface area contributed by atoms with Gasteiger partial charge in [0.1, 0.15) is 5.82 Å². The minimum atomic E-state index is 0.666. The van der Waals surface area contributed by atoms with Crippen LogP contribution >= 0.6 is 15.9 Å². The Balaban J connectivity index is 1.76. The van der Waals surface area contributed by atoms with Crippen molar-refractivity contribution in [2.45, 2.75) is 6.92 Å². The standard InChI is InChI=1S/C23H18BrN3/c1-16-7-11-19(12-8-16)25-23-20-13-10-18(24)15-21(20)26-22(27-23)14-9-17-5-3-2-4-6-17/h2-15H,1H3,(H,25,26,27)/b14-9+. The first kappa shape index (κ1) is 17.4. The van der Waals surface area contributed by atoms with Gasteiger partial charge in [-0.15, -0.1) is 0 Å². The molecule has 0 saturated carbocycles. The summed E-state index contributed by atoms with van der Waals surface area (Å²) in [5.41, 5.74) is 4.23. The topological polar surface area (TPSA) is 37.8 Å². The molecule has 27 heavy (non-hydrogen) atoms. The summed E-state index contributed by atoms with van der Waals surface area (Å²) >= 11 is 3.53. The molecule has 0 saturated heterocycles. The van der Waals surface area contributed by atoms with Crippen LogP contribution < -0.4 is 5.32 Å². The summed E-state index contributed by atoms with van der Waals surface area (Å²) in [7, 11) is 0. The van der Waals surface area contributed by atoms with E-state index in [1.54, 1.807) is 0 Å². The van der Waals surface area contributed by atoms with Crippen LogP contribution in [0.5, 0.6) is 0 Å². The van der Waals surface area contributed by atoms with Gasteiger partial charge >= 0.3 is 0 Å². The van der Waals surface area contributed by atoms with E-state index in [0.717, 1.165) is 32.4 Å². The van der Waals surface area contributed by atoms with E-state index in [9.17, 15) is 0 Å². The molecule has 4 rings (SSSR count). The number of hydrogen-bond acceptors (Lipinski definition) is 3. The molecule has 1 N–H and O–H groups in total. The largest absolute Gasteiger partial charge is 0.340 e. The highest BCUT2D eigenvalue weighted by atomic mass is 79.9. The second kappa shape index (κ2) is 7.72. The zero-order chi connectivity index (χ0) is 18.6. The summed E-state index contributed by atoms with van der Waals surface area (Å²) in [6.45, 7) is 2.08. The smallest absolute Gasteiger partial charge is 0.154 e. The number of hydrogen-bond donors (Lipinski definition) is 1. The molecule has 0 amide bonds. The van der Waals surface area contributed by atoms with Gasteiger partial charge in [-0.25, -0.2) is 9.97 Å². The average molecular weight is 416 g/mol. The predicted octanol–water partition coefficient (Wildman–Crippen LogP) is 6.61. The summed E-state index contributed by atoms with van der Waals surface area (Å²) < 4.78 is 0.993. The molecule has 0 unspecified atom stereocenters. The maximum Gasteiger partial charge on any atom is 0.154 e. The maximum atomic E-state index is 4.74. The highest BCUT2D eigenvalue weighted by Crippen LogP contribution is 2.27. The Bertz CT molecular complexity index is 1100. The lowest BCUT2D eigenvalue weighted by atomic mass is 10.2. The Morgan fingerprint density at radius 3 is 2.41 bits per heavy atom.